The number of hydrogen-bond donors (Lipinski definition) is 2. The third-order valence-corrected chi connectivity index (χ3v) is 5.41. The topological polar surface area (TPSA) is 85.2 Å². The standard InChI is InChI=1S/C22H34N6O3.HI/c1-5-23-22(24-15-18-8-9-26-27(18)2)25-16-19(28-10-12-31-13-11-28)17-6-7-20(29-3)21(14-17)30-4;/h6-9,14,19H,5,10-13,15-16H2,1-4H3,(H2,23,24,25);1H. The molecule has 1 aliphatic heterocycles. The molecule has 1 atom stereocenters. The first-order chi connectivity index (χ1) is 15.2. The highest BCUT2D eigenvalue weighted by Crippen LogP contribution is 2.32. The summed E-state index contributed by atoms with van der Waals surface area (Å²) in [6, 6.07) is 8.24. The number of morpholine rings is 1. The van der Waals surface area contributed by atoms with Gasteiger partial charge in [-0.05, 0) is 30.7 Å². The molecular formula is C22H35IN6O3. The highest BCUT2D eigenvalue weighted by Gasteiger charge is 2.24. The Kier molecular flexibility index (Phi) is 11.0. The highest BCUT2D eigenvalue weighted by atomic mass is 127. The first-order valence-corrected chi connectivity index (χ1v) is 10.7. The lowest BCUT2D eigenvalue weighted by Crippen LogP contribution is -2.46. The van der Waals surface area contributed by atoms with Crippen molar-refractivity contribution in [2.45, 2.75) is 19.5 Å². The summed E-state index contributed by atoms with van der Waals surface area (Å²) in [5.74, 6) is 2.24. The maximum Gasteiger partial charge on any atom is 0.191 e. The molecule has 178 valence electrons. The molecule has 1 aliphatic rings. The van der Waals surface area contributed by atoms with E-state index >= 15 is 0 Å². The van der Waals surface area contributed by atoms with Crippen LogP contribution in [0, 0.1) is 0 Å². The molecule has 1 aromatic heterocycles. The van der Waals surface area contributed by atoms with Gasteiger partial charge in [0.1, 0.15) is 0 Å². The van der Waals surface area contributed by atoms with Crippen LogP contribution in [-0.4, -0.2) is 74.3 Å². The summed E-state index contributed by atoms with van der Waals surface area (Å²) in [5, 5.41) is 11.1. The molecule has 1 unspecified atom stereocenters. The zero-order chi connectivity index (χ0) is 22.1. The molecule has 0 radical (unpaired) electrons. The molecule has 3 rings (SSSR count). The minimum Gasteiger partial charge on any atom is -0.493 e. The van der Waals surface area contributed by atoms with Crippen LogP contribution < -0.4 is 20.1 Å². The molecule has 32 heavy (non-hydrogen) atoms. The maximum atomic E-state index is 5.57. The second-order valence-corrected chi connectivity index (χ2v) is 7.30. The van der Waals surface area contributed by atoms with E-state index in [2.05, 4.69) is 39.7 Å². The minimum atomic E-state index is 0. The van der Waals surface area contributed by atoms with E-state index in [0.717, 1.165) is 61.6 Å². The third kappa shape index (κ3) is 6.97. The Morgan fingerprint density at radius 3 is 2.53 bits per heavy atom. The van der Waals surface area contributed by atoms with Crippen LogP contribution in [0.25, 0.3) is 0 Å². The number of aromatic nitrogens is 2. The number of aliphatic imine (C=N–C) groups is 1. The summed E-state index contributed by atoms with van der Waals surface area (Å²) in [6.07, 6.45) is 1.79. The first kappa shape index (κ1) is 26.2. The van der Waals surface area contributed by atoms with Crippen LogP contribution >= 0.6 is 24.0 Å². The molecule has 0 spiro atoms. The predicted molar refractivity (Wildman–Crippen MR) is 136 cm³/mol. The van der Waals surface area contributed by atoms with Crippen LogP contribution in [-0.2, 0) is 18.3 Å². The van der Waals surface area contributed by atoms with Gasteiger partial charge in [-0.15, -0.1) is 24.0 Å². The molecule has 1 saturated heterocycles. The van der Waals surface area contributed by atoms with Crippen molar-refractivity contribution in [2.75, 3.05) is 53.6 Å². The molecule has 9 nitrogen and oxygen atoms in total. The van der Waals surface area contributed by atoms with Crippen LogP contribution in [0.1, 0.15) is 24.2 Å². The quantitative estimate of drug-likeness (QED) is 0.277. The van der Waals surface area contributed by atoms with Gasteiger partial charge in [0.25, 0.3) is 0 Å². The zero-order valence-corrected chi connectivity index (χ0v) is 21.7. The number of rotatable bonds is 9. The fourth-order valence-electron chi connectivity index (χ4n) is 3.66. The van der Waals surface area contributed by atoms with Crippen molar-refractivity contribution in [2.24, 2.45) is 12.0 Å². The van der Waals surface area contributed by atoms with Crippen LogP contribution in [0.4, 0.5) is 0 Å². The number of guanidine groups is 1. The Morgan fingerprint density at radius 2 is 1.91 bits per heavy atom. The molecule has 10 heteroatoms. The fourth-order valence-corrected chi connectivity index (χ4v) is 3.66. The summed E-state index contributed by atoms with van der Waals surface area (Å²) in [6.45, 7) is 7.34. The van der Waals surface area contributed by atoms with Crippen molar-refractivity contribution >= 4 is 29.9 Å². The second-order valence-electron chi connectivity index (χ2n) is 7.30. The Hall–Kier alpha value is -2.05. The third-order valence-electron chi connectivity index (χ3n) is 5.41. The van der Waals surface area contributed by atoms with Crippen molar-refractivity contribution in [3.63, 3.8) is 0 Å². The van der Waals surface area contributed by atoms with Gasteiger partial charge in [-0.3, -0.25) is 9.58 Å². The summed E-state index contributed by atoms with van der Waals surface area (Å²) < 4.78 is 18.4. The van der Waals surface area contributed by atoms with Crippen molar-refractivity contribution in [3.05, 3.63) is 41.7 Å². The average Bonchev–Trinajstić information content (AvgIpc) is 3.22. The molecule has 2 aromatic rings. The van der Waals surface area contributed by atoms with Gasteiger partial charge in [0.15, 0.2) is 17.5 Å². The van der Waals surface area contributed by atoms with Crippen molar-refractivity contribution in [1.29, 1.82) is 0 Å². The lowest BCUT2D eigenvalue weighted by Gasteiger charge is -2.35. The summed E-state index contributed by atoms with van der Waals surface area (Å²) in [7, 11) is 5.24. The Bertz CT molecular complexity index is 854. The summed E-state index contributed by atoms with van der Waals surface area (Å²) >= 11 is 0. The van der Waals surface area contributed by atoms with Crippen LogP contribution in [0.3, 0.4) is 0 Å². The number of halogens is 1. The predicted octanol–water partition coefficient (Wildman–Crippen LogP) is 2.18. The molecular weight excluding hydrogens is 523 g/mol. The summed E-state index contributed by atoms with van der Waals surface area (Å²) in [5.41, 5.74) is 2.22. The Balaban J connectivity index is 0.00000363. The normalized spacial score (nSPS) is 15.6. The number of nitrogens with zero attached hydrogens (tertiary/aromatic N) is 4. The van der Waals surface area contributed by atoms with Gasteiger partial charge in [0.05, 0.1) is 45.7 Å². The minimum absolute atomic E-state index is 0. The molecule has 2 N–H and O–H groups in total. The van der Waals surface area contributed by atoms with Gasteiger partial charge in [0, 0.05) is 39.4 Å². The first-order valence-electron chi connectivity index (χ1n) is 10.7. The molecule has 1 aromatic carbocycles. The number of aryl methyl sites for hydroxylation is 1. The van der Waals surface area contributed by atoms with Gasteiger partial charge < -0.3 is 24.8 Å². The monoisotopic (exact) mass is 558 g/mol. The SMILES string of the molecule is CCNC(=NCc1ccnn1C)NCC(c1ccc(OC)c(OC)c1)N1CCOCC1.I. The highest BCUT2D eigenvalue weighted by molar-refractivity contribution is 14.0. The van der Waals surface area contributed by atoms with Crippen LogP contribution in [0.2, 0.25) is 0 Å². The van der Waals surface area contributed by atoms with E-state index in [-0.39, 0.29) is 30.0 Å². The smallest absolute Gasteiger partial charge is 0.191 e. The van der Waals surface area contributed by atoms with E-state index in [4.69, 9.17) is 19.2 Å². The molecule has 0 amide bonds. The van der Waals surface area contributed by atoms with Crippen molar-refractivity contribution in [1.82, 2.24) is 25.3 Å². The van der Waals surface area contributed by atoms with Crippen LogP contribution in [0.15, 0.2) is 35.5 Å². The Morgan fingerprint density at radius 1 is 1.16 bits per heavy atom. The van der Waals surface area contributed by atoms with Gasteiger partial charge in [-0.2, -0.15) is 5.10 Å². The van der Waals surface area contributed by atoms with Gasteiger partial charge in [0.2, 0.25) is 0 Å². The fraction of sp³-hybridized carbons (Fsp3) is 0.545. The van der Waals surface area contributed by atoms with E-state index < -0.39 is 0 Å². The molecule has 0 bridgehead atoms. The molecule has 1 fully saturated rings. The van der Waals surface area contributed by atoms with Gasteiger partial charge in [-0.1, -0.05) is 6.07 Å². The lowest BCUT2D eigenvalue weighted by atomic mass is 10.0. The van der Waals surface area contributed by atoms with E-state index in [1.807, 2.05) is 23.9 Å². The van der Waals surface area contributed by atoms with Gasteiger partial charge in [-0.25, -0.2) is 4.99 Å². The molecule has 0 aliphatic carbocycles. The largest absolute Gasteiger partial charge is 0.493 e. The molecule has 0 saturated carbocycles. The number of ether oxygens (including phenoxy) is 3. The van der Waals surface area contributed by atoms with E-state index in [1.165, 1.54) is 0 Å². The zero-order valence-electron chi connectivity index (χ0n) is 19.3. The molecule has 2 heterocycles. The second kappa shape index (κ2) is 13.5. The van der Waals surface area contributed by atoms with E-state index in [0.29, 0.717) is 13.1 Å². The van der Waals surface area contributed by atoms with Crippen molar-refractivity contribution < 1.29 is 14.2 Å². The maximum absolute atomic E-state index is 5.57. The Labute approximate surface area is 207 Å². The lowest BCUT2D eigenvalue weighted by molar-refractivity contribution is 0.0169. The number of methoxy groups -OCH3 is 2. The van der Waals surface area contributed by atoms with E-state index in [1.54, 1.807) is 20.4 Å². The number of nitrogens with one attached hydrogen (secondary N) is 2. The summed E-state index contributed by atoms with van der Waals surface area (Å²) in [4.78, 5) is 7.17. The van der Waals surface area contributed by atoms with Crippen molar-refractivity contribution in [3.8, 4) is 11.5 Å². The van der Waals surface area contributed by atoms with E-state index in [9.17, 15) is 0 Å². The van der Waals surface area contributed by atoms with Gasteiger partial charge >= 0.3 is 0 Å². The van der Waals surface area contributed by atoms with Crippen LogP contribution in [0.5, 0.6) is 11.5 Å². The average molecular weight is 558 g/mol. The number of benzene rings is 1. The number of hydrogen-bond acceptors (Lipinski definition) is 6.